The van der Waals surface area contributed by atoms with Gasteiger partial charge in [-0.1, -0.05) is 41.1 Å². The zero-order chi connectivity index (χ0) is 26.8. The molecule has 0 spiro atoms. The molecule has 0 atom stereocenters. The van der Waals surface area contributed by atoms with Crippen LogP contribution in [-0.4, -0.2) is 62.3 Å². The summed E-state index contributed by atoms with van der Waals surface area (Å²) in [5.41, 5.74) is 4.04. The lowest BCUT2D eigenvalue weighted by molar-refractivity contribution is 0.102. The van der Waals surface area contributed by atoms with Gasteiger partial charge in [-0.05, 0) is 54.1 Å². The lowest BCUT2D eigenvalue weighted by Gasteiger charge is -2.28. The number of aromatic nitrogens is 5. The van der Waals surface area contributed by atoms with Crippen LogP contribution in [0.15, 0.2) is 72.8 Å². The quantitative estimate of drug-likeness (QED) is 0.325. The Hall–Kier alpha value is -4.54. The zero-order valence-corrected chi connectivity index (χ0v) is 21.5. The molecule has 0 aliphatic carbocycles. The summed E-state index contributed by atoms with van der Waals surface area (Å²) in [6, 6.07) is 21.1. The average Bonchev–Trinajstić information content (AvgIpc) is 3.37. The molecule has 0 saturated carbocycles. The van der Waals surface area contributed by atoms with Crippen LogP contribution in [0.1, 0.15) is 15.9 Å². The van der Waals surface area contributed by atoms with E-state index in [1.807, 2.05) is 30.3 Å². The second-order valence-electron chi connectivity index (χ2n) is 9.10. The first-order valence-electron chi connectivity index (χ1n) is 12.4. The van der Waals surface area contributed by atoms with Gasteiger partial charge >= 0.3 is 0 Å². The average molecular weight is 542 g/mol. The van der Waals surface area contributed by atoms with E-state index in [1.54, 1.807) is 47.1 Å². The number of carbonyl (C=O) groups excluding carboxylic acids is 1. The zero-order valence-electron chi connectivity index (χ0n) is 20.8. The number of carbonyl (C=O) groups is 1. The number of nitrogens with zero attached hydrogens (tertiary/aromatic N) is 6. The highest BCUT2D eigenvalue weighted by molar-refractivity contribution is 6.30. The Labute approximate surface area is 228 Å². The molecule has 0 unspecified atom stereocenters. The van der Waals surface area contributed by atoms with Gasteiger partial charge in [0.25, 0.3) is 5.91 Å². The van der Waals surface area contributed by atoms with Crippen molar-refractivity contribution < 1.29 is 14.6 Å². The normalized spacial score (nSPS) is 13.5. The molecule has 1 amide bonds. The Morgan fingerprint density at radius 2 is 1.77 bits per heavy atom. The minimum Gasteiger partial charge on any atom is -0.508 e. The summed E-state index contributed by atoms with van der Waals surface area (Å²) < 4.78 is 7.25. The third-order valence-corrected chi connectivity index (χ3v) is 6.66. The summed E-state index contributed by atoms with van der Waals surface area (Å²) in [6.07, 6.45) is 0. The fraction of sp³-hybridized carbons (Fsp3) is 0.179. The van der Waals surface area contributed by atoms with Gasteiger partial charge in [-0.25, -0.2) is 14.6 Å². The summed E-state index contributed by atoms with van der Waals surface area (Å²) in [6.45, 7) is 2.98. The maximum atomic E-state index is 12.5. The fourth-order valence-corrected chi connectivity index (χ4v) is 4.52. The molecule has 0 radical (unpaired) electrons. The van der Waals surface area contributed by atoms with Gasteiger partial charge in [-0.3, -0.25) is 4.79 Å². The molecule has 2 N–H and O–H groups in total. The van der Waals surface area contributed by atoms with E-state index < -0.39 is 0 Å². The Kier molecular flexibility index (Phi) is 6.78. The number of anilines is 2. The summed E-state index contributed by atoms with van der Waals surface area (Å²) in [5.74, 6) is 1.09. The van der Waals surface area contributed by atoms with Gasteiger partial charge in [0.1, 0.15) is 5.75 Å². The maximum absolute atomic E-state index is 12.5. The van der Waals surface area contributed by atoms with Crippen molar-refractivity contribution in [1.82, 2.24) is 25.0 Å². The highest BCUT2D eigenvalue weighted by Crippen LogP contribution is 2.28. The number of fused-ring (bicyclic) bond motifs is 1. The molecule has 6 rings (SSSR count). The van der Waals surface area contributed by atoms with Crippen molar-refractivity contribution in [2.24, 2.45) is 0 Å². The summed E-state index contributed by atoms with van der Waals surface area (Å²) in [7, 11) is 0. The molecule has 1 saturated heterocycles. The first-order chi connectivity index (χ1) is 19.0. The van der Waals surface area contributed by atoms with E-state index in [2.05, 4.69) is 20.5 Å². The van der Waals surface area contributed by atoms with Crippen LogP contribution in [0, 0.1) is 0 Å². The van der Waals surface area contributed by atoms with Crippen molar-refractivity contribution in [3.8, 4) is 17.1 Å². The third kappa shape index (κ3) is 5.38. The number of morpholine rings is 1. The van der Waals surface area contributed by atoms with Crippen molar-refractivity contribution in [1.29, 1.82) is 0 Å². The monoisotopic (exact) mass is 541 g/mol. The van der Waals surface area contributed by atoms with Crippen LogP contribution in [0.4, 0.5) is 11.5 Å². The van der Waals surface area contributed by atoms with Crippen LogP contribution in [0.25, 0.3) is 22.6 Å². The molecule has 1 aliphatic heterocycles. The van der Waals surface area contributed by atoms with E-state index in [0.29, 0.717) is 77.5 Å². The number of phenols is 1. The van der Waals surface area contributed by atoms with Crippen LogP contribution in [0.3, 0.4) is 0 Å². The number of ether oxygens (including phenoxy) is 1. The number of aromatic hydroxyl groups is 1. The van der Waals surface area contributed by atoms with E-state index in [0.717, 1.165) is 5.56 Å². The number of nitrogens with one attached hydrogen (secondary N) is 1. The largest absolute Gasteiger partial charge is 0.508 e. The van der Waals surface area contributed by atoms with E-state index in [9.17, 15) is 9.90 Å². The molecular formula is C28H24ClN7O3. The summed E-state index contributed by atoms with van der Waals surface area (Å²) in [4.78, 5) is 24.2. The topological polar surface area (TPSA) is 118 Å². The van der Waals surface area contributed by atoms with Gasteiger partial charge in [0.05, 0.1) is 19.8 Å². The maximum Gasteiger partial charge on any atom is 0.255 e. The second kappa shape index (κ2) is 10.7. The van der Waals surface area contributed by atoms with Gasteiger partial charge < -0.3 is 20.1 Å². The van der Waals surface area contributed by atoms with Crippen molar-refractivity contribution in [2.45, 2.75) is 6.54 Å². The predicted octanol–water partition coefficient (Wildman–Crippen LogP) is 4.38. The smallest absolute Gasteiger partial charge is 0.255 e. The van der Waals surface area contributed by atoms with E-state index >= 15 is 0 Å². The van der Waals surface area contributed by atoms with E-state index in [1.165, 1.54) is 0 Å². The highest BCUT2D eigenvalue weighted by Gasteiger charge is 2.22. The third-order valence-electron chi connectivity index (χ3n) is 6.41. The summed E-state index contributed by atoms with van der Waals surface area (Å²) >= 11 is 5.91. The van der Waals surface area contributed by atoms with Gasteiger partial charge in [-0.2, -0.15) is 0 Å². The van der Waals surface area contributed by atoms with Gasteiger partial charge in [0.2, 0.25) is 0 Å². The molecular weight excluding hydrogens is 518 g/mol. The Bertz CT molecular complexity index is 1630. The lowest BCUT2D eigenvalue weighted by atomic mass is 10.2. The number of hydrogen-bond acceptors (Lipinski definition) is 8. The van der Waals surface area contributed by atoms with Crippen LogP contribution in [-0.2, 0) is 11.3 Å². The molecule has 1 fully saturated rings. The van der Waals surface area contributed by atoms with Crippen molar-refractivity contribution >= 4 is 40.2 Å². The summed E-state index contributed by atoms with van der Waals surface area (Å²) in [5, 5.41) is 22.3. The first-order valence-corrected chi connectivity index (χ1v) is 12.8. The van der Waals surface area contributed by atoms with Gasteiger partial charge in [0.15, 0.2) is 22.8 Å². The van der Waals surface area contributed by atoms with Gasteiger partial charge in [0, 0.05) is 34.9 Å². The van der Waals surface area contributed by atoms with Crippen LogP contribution in [0.5, 0.6) is 5.75 Å². The second-order valence-corrected chi connectivity index (χ2v) is 9.53. The Morgan fingerprint density at radius 1 is 1.00 bits per heavy atom. The predicted molar refractivity (Wildman–Crippen MR) is 148 cm³/mol. The Balaban J connectivity index is 1.28. The fourth-order valence-electron chi connectivity index (χ4n) is 4.39. The lowest BCUT2D eigenvalue weighted by Crippen LogP contribution is -2.37. The number of hydrogen-bond donors (Lipinski definition) is 2. The highest BCUT2D eigenvalue weighted by atomic mass is 35.5. The number of phenolic OH excluding ortho intramolecular Hbond substituents is 1. The molecule has 11 heteroatoms. The molecule has 196 valence electrons. The minimum absolute atomic E-state index is 0.138. The van der Waals surface area contributed by atoms with Gasteiger partial charge in [-0.15, -0.1) is 5.10 Å². The van der Waals surface area contributed by atoms with Crippen LogP contribution >= 0.6 is 11.6 Å². The Morgan fingerprint density at radius 3 is 2.51 bits per heavy atom. The molecule has 3 heterocycles. The SMILES string of the molecule is O=C(Nc1ccc(Cn2nnc3c(N4CCOCC4)nc(-c4cccc(O)c4)nc32)cc1)c1ccc(Cl)cc1. The molecule has 0 bridgehead atoms. The van der Waals surface area contributed by atoms with Crippen molar-refractivity contribution in [3.63, 3.8) is 0 Å². The van der Waals surface area contributed by atoms with E-state index in [4.69, 9.17) is 26.3 Å². The minimum atomic E-state index is -0.214. The number of rotatable bonds is 6. The van der Waals surface area contributed by atoms with Crippen LogP contribution in [0.2, 0.25) is 5.02 Å². The molecule has 3 aromatic carbocycles. The number of halogens is 1. The molecule has 2 aromatic heterocycles. The molecule has 10 nitrogen and oxygen atoms in total. The molecule has 1 aliphatic rings. The number of benzene rings is 3. The van der Waals surface area contributed by atoms with Crippen molar-refractivity contribution in [3.05, 3.63) is 88.9 Å². The first kappa shape index (κ1) is 24.8. The molecule has 5 aromatic rings. The standard InChI is InChI=1S/C28H24ClN7O3/c29-21-8-6-19(7-9-21)28(38)30-22-10-4-18(5-11-22)17-36-27-24(33-34-36)26(35-12-14-39-15-13-35)31-25(32-27)20-2-1-3-23(37)16-20/h1-11,16,37H,12-15,17H2,(H,30,38). The van der Waals surface area contributed by atoms with Crippen molar-refractivity contribution in [2.75, 3.05) is 36.5 Å². The van der Waals surface area contributed by atoms with E-state index in [-0.39, 0.29) is 11.7 Å². The molecule has 39 heavy (non-hydrogen) atoms. The van der Waals surface area contributed by atoms with Crippen LogP contribution < -0.4 is 10.2 Å². The number of amides is 1.